The summed E-state index contributed by atoms with van der Waals surface area (Å²) in [5.41, 5.74) is 4.63. The molecule has 0 saturated carbocycles. The number of imide groups is 1. The van der Waals surface area contributed by atoms with Crippen molar-refractivity contribution >= 4 is 34.8 Å². The molecule has 0 radical (unpaired) electrons. The third-order valence-corrected chi connectivity index (χ3v) is 9.87. The molecule has 2 heterocycles. The van der Waals surface area contributed by atoms with Crippen molar-refractivity contribution in [3.05, 3.63) is 101 Å². The summed E-state index contributed by atoms with van der Waals surface area (Å²) in [6.07, 6.45) is 6.01. The molecule has 1 N–H and O–H groups in total. The van der Waals surface area contributed by atoms with Crippen molar-refractivity contribution in [3.8, 4) is 5.75 Å². The number of phenolic OH excluding ortho intramolecular Hbond substituents is 1. The molecule has 8 nitrogen and oxygen atoms in total. The lowest BCUT2D eigenvalue weighted by molar-refractivity contribution is -0.123. The van der Waals surface area contributed by atoms with Gasteiger partial charge in [0.25, 0.3) is 0 Å². The van der Waals surface area contributed by atoms with Gasteiger partial charge in [0.15, 0.2) is 11.6 Å². The van der Waals surface area contributed by atoms with Crippen LogP contribution in [0, 0.1) is 17.8 Å². The van der Waals surface area contributed by atoms with Crippen LogP contribution in [0.4, 0.5) is 11.4 Å². The van der Waals surface area contributed by atoms with E-state index in [0.29, 0.717) is 59.6 Å². The van der Waals surface area contributed by atoms with Crippen LogP contribution in [0.25, 0.3) is 0 Å². The van der Waals surface area contributed by atoms with E-state index >= 15 is 0 Å². The second-order valence-electron chi connectivity index (χ2n) is 12.2. The van der Waals surface area contributed by atoms with Gasteiger partial charge in [-0.2, -0.15) is 0 Å². The van der Waals surface area contributed by atoms with E-state index in [2.05, 4.69) is 11.5 Å². The highest BCUT2D eigenvalue weighted by Crippen LogP contribution is 2.56. The van der Waals surface area contributed by atoms with Gasteiger partial charge in [-0.3, -0.25) is 24.1 Å². The molecule has 3 aliphatic carbocycles. The summed E-state index contributed by atoms with van der Waals surface area (Å²) in [5.74, 6) is -3.36. The Labute approximate surface area is 256 Å². The molecule has 2 fully saturated rings. The Balaban J connectivity index is 1.28. The molecule has 5 aliphatic rings. The normalized spacial score (nSPS) is 26.7. The number of hydrogen-bond acceptors (Lipinski definition) is 7. The first-order valence-electron chi connectivity index (χ1n) is 15.2. The van der Waals surface area contributed by atoms with Gasteiger partial charge in [0.1, 0.15) is 5.75 Å². The van der Waals surface area contributed by atoms with Gasteiger partial charge in [0.05, 0.1) is 30.7 Å². The smallest absolute Gasteiger partial charge is 0.238 e. The Hall–Kier alpha value is -4.56. The quantitative estimate of drug-likeness (QED) is 0.309. The van der Waals surface area contributed by atoms with E-state index in [1.807, 2.05) is 42.5 Å². The number of nitrogens with zero attached hydrogens (tertiary/aromatic N) is 2. The fourth-order valence-corrected chi connectivity index (χ4v) is 7.77. The molecule has 2 amide bonds. The van der Waals surface area contributed by atoms with Gasteiger partial charge >= 0.3 is 0 Å². The molecule has 0 bridgehead atoms. The van der Waals surface area contributed by atoms with Crippen molar-refractivity contribution in [2.75, 3.05) is 36.1 Å². The number of hydrogen-bond donors (Lipinski definition) is 1. The van der Waals surface area contributed by atoms with E-state index < -0.39 is 23.7 Å². The predicted octanol–water partition coefficient (Wildman–Crippen LogP) is 4.59. The Morgan fingerprint density at radius 1 is 0.977 bits per heavy atom. The van der Waals surface area contributed by atoms with Gasteiger partial charge < -0.3 is 14.7 Å². The fraction of sp³-hybridized carbons (Fsp3) is 0.333. The number of phenols is 1. The summed E-state index contributed by atoms with van der Waals surface area (Å²) < 4.78 is 5.45. The summed E-state index contributed by atoms with van der Waals surface area (Å²) >= 11 is 0. The highest BCUT2D eigenvalue weighted by Gasteiger charge is 2.56. The second-order valence-corrected chi connectivity index (χ2v) is 12.2. The summed E-state index contributed by atoms with van der Waals surface area (Å²) in [6.45, 7) is 8.30. The minimum Gasteiger partial charge on any atom is -0.507 e. The van der Waals surface area contributed by atoms with Gasteiger partial charge in [0, 0.05) is 47.0 Å². The van der Waals surface area contributed by atoms with Crippen LogP contribution in [0.5, 0.6) is 5.75 Å². The van der Waals surface area contributed by atoms with E-state index in [9.17, 15) is 24.3 Å². The minimum atomic E-state index is -0.695. The average Bonchev–Trinajstić information content (AvgIpc) is 3.30. The SMILES string of the molecule is C=CCc1cccc(C2C3=CCC4C(=O)N(c5ccc(N6CCOCC6)cc5)C(=O)C4C3CC3=C2C(=O)C(C)=CC3=O)c1O. The molecule has 8 heteroatoms. The number of allylic oxidation sites excluding steroid dienone is 7. The number of anilines is 2. The maximum absolute atomic E-state index is 14.2. The fourth-order valence-electron chi connectivity index (χ4n) is 7.77. The molecule has 2 aromatic carbocycles. The summed E-state index contributed by atoms with van der Waals surface area (Å²) in [7, 11) is 0. The number of ether oxygens (including phenoxy) is 1. The number of benzene rings is 2. The van der Waals surface area contributed by atoms with Crippen molar-refractivity contribution in [2.45, 2.75) is 32.1 Å². The zero-order valence-electron chi connectivity index (χ0n) is 24.6. The van der Waals surface area contributed by atoms with Crippen LogP contribution in [0.1, 0.15) is 36.8 Å². The van der Waals surface area contributed by atoms with Crippen molar-refractivity contribution in [1.29, 1.82) is 0 Å². The van der Waals surface area contributed by atoms with Crippen LogP contribution >= 0.6 is 0 Å². The highest BCUT2D eigenvalue weighted by atomic mass is 16.5. The Morgan fingerprint density at radius 3 is 2.43 bits per heavy atom. The van der Waals surface area contributed by atoms with Crippen LogP contribution in [0.2, 0.25) is 0 Å². The number of rotatable bonds is 5. The van der Waals surface area contributed by atoms with Crippen molar-refractivity contribution in [2.24, 2.45) is 17.8 Å². The molecule has 0 spiro atoms. The van der Waals surface area contributed by atoms with Crippen LogP contribution in [-0.4, -0.2) is 54.8 Å². The van der Waals surface area contributed by atoms with Crippen LogP contribution in [0.3, 0.4) is 0 Å². The number of aromatic hydroxyl groups is 1. The number of amides is 2. The number of fused-ring (bicyclic) bond motifs is 3. The third kappa shape index (κ3) is 4.31. The number of ketones is 2. The van der Waals surface area contributed by atoms with E-state index in [4.69, 9.17) is 4.74 Å². The van der Waals surface area contributed by atoms with E-state index in [1.54, 1.807) is 19.1 Å². The molecular weight excluding hydrogens is 556 g/mol. The Morgan fingerprint density at radius 2 is 1.70 bits per heavy atom. The maximum Gasteiger partial charge on any atom is 0.238 e. The number of carbonyl (C=O) groups excluding carboxylic acids is 4. The first kappa shape index (κ1) is 28.2. The predicted molar refractivity (Wildman–Crippen MR) is 165 cm³/mol. The topological polar surface area (TPSA) is 104 Å². The maximum atomic E-state index is 14.2. The number of Topliss-reactive ketones (excluding diaryl/α,β-unsaturated/α-hetero) is 1. The Kier molecular flexibility index (Phi) is 6.97. The zero-order valence-corrected chi connectivity index (χ0v) is 24.6. The molecule has 44 heavy (non-hydrogen) atoms. The largest absolute Gasteiger partial charge is 0.507 e. The summed E-state index contributed by atoms with van der Waals surface area (Å²) in [4.78, 5) is 58.6. The molecule has 2 saturated heterocycles. The van der Waals surface area contributed by atoms with Gasteiger partial charge in [-0.15, -0.1) is 6.58 Å². The van der Waals surface area contributed by atoms with Crippen LogP contribution in [0.15, 0.2) is 89.6 Å². The Bertz CT molecular complexity index is 1710. The molecule has 224 valence electrons. The third-order valence-electron chi connectivity index (χ3n) is 9.87. The first-order valence-corrected chi connectivity index (χ1v) is 15.2. The lowest BCUT2D eigenvalue weighted by Crippen LogP contribution is -2.40. The van der Waals surface area contributed by atoms with Crippen molar-refractivity contribution < 1.29 is 29.0 Å². The van der Waals surface area contributed by atoms with E-state index in [0.717, 1.165) is 24.4 Å². The molecule has 4 unspecified atom stereocenters. The van der Waals surface area contributed by atoms with Gasteiger partial charge in [-0.25, -0.2) is 0 Å². The van der Waals surface area contributed by atoms with Gasteiger partial charge in [-0.1, -0.05) is 35.9 Å². The molecule has 0 aromatic heterocycles. The van der Waals surface area contributed by atoms with Crippen molar-refractivity contribution in [3.63, 3.8) is 0 Å². The van der Waals surface area contributed by atoms with Gasteiger partial charge in [0.2, 0.25) is 11.8 Å². The zero-order chi connectivity index (χ0) is 30.7. The van der Waals surface area contributed by atoms with Gasteiger partial charge in [-0.05, 0) is 68.0 Å². The van der Waals surface area contributed by atoms with Crippen LogP contribution < -0.4 is 9.80 Å². The van der Waals surface area contributed by atoms with E-state index in [1.165, 1.54) is 11.0 Å². The number of carbonyl (C=O) groups is 4. The lowest BCUT2D eigenvalue weighted by atomic mass is 9.59. The summed E-state index contributed by atoms with van der Waals surface area (Å²) in [6, 6.07) is 12.9. The van der Waals surface area contributed by atoms with E-state index in [-0.39, 0.29) is 35.6 Å². The first-order chi connectivity index (χ1) is 21.3. The monoisotopic (exact) mass is 590 g/mol. The standard InChI is InChI=1S/C36H34N2O6/c1-3-5-21-6-4-7-25(34(21)41)30-24-12-13-26-31(27(24)19-28-29(39)18-20(2)33(40)32(28)30)36(43)38(35(26)42)23-10-8-22(9-11-23)37-14-16-44-17-15-37/h3-4,6-12,18,26-27,30-31,41H,1,5,13-17,19H2,2H3. The molecule has 7 rings (SSSR count). The lowest BCUT2D eigenvalue weighted by Gasteiger charge is -2.42. The summed E-state index contributed by atoms with van der Waals surface area (Å²) in [5, 5.41) is 11.4. The molecule has 4 atom stereocenters. The molecular formula is C36H34N2O6. The molecule has 2 aliphatic heterocycles. The second kappa shape index (κ2) is 10.9. The average molecular weight is 591 g/mol. The highest BCUT2D eigenvalue weighted by molar-refractivity contribution is 6.25. The van der Waals surface area contributed by atoms with Crippen molar-refractivity contribution in [1.82, 2.24) is 0 Å². The molecule has 2 aromatic rings. The van der Waals surface area contributed by atoms with Crippen LogP contribution in [-0.2, 0) is 30.3 Å². The minimum absolute atomic E-state index is 0.0520. The number of para-hydroxylation sites is 1. The number of morpholine rings is 1.